The number of hydrogen-bond acceptors (Lipinski definition) is 10. The van der Waals surface area contributed by atoms with Crippen LogP contribution in [0.15, 0.2) is 76.9 Å². The van der Waals surface area contributed by atoms with Gasteiger partial charge in [0.1, 0.15) is 24.2 Å². The van der Waals surface area contributed by atoms with Crippen LogP contribution in [0.25, 0.3) is 0 Å². The molecule has 4 aliphatic carbocycles. The molecule has 2 saturated heterocycles. The minimum Gasteiger partial charge on any atom is -1.00 e. The van der Waals surface area contributed by atoms with E-state index in [1.807, 2.05) is 30.3 Å². The number of piperidine rings is 1. The van der Waals surface area contributed by atoms with E-state index in [1.54, 1.807) is 13.8 Å². The molecule has 2 aromatic rings. The highest BCUT2D eigenvalue weighted by Gasteiger charge is 2.78. The van der Waals surface area contributed by atoms with Gasteiger partial charge in [-0.3, -0.25) is 14.4 Å². The van der Waals surface area contributed by atoms with E-state index in [0.29, 0.717) is 29.9 Å². The number of rotatable bonds is 9. The van der Waals surface area contributed by atoms with Gasteiger partial charge in [-0.15, -0.1) is 0 Å². The van der Waals surface area contributed by atoms with Gasteiger partial charge in [0, 0.05) is 48.3 Å². The standard InChI is InChI=1S/C27H29F3O6S.C20H30NO3.BrH/c1-14-9-16-17-11-19(29)18-10-15(31)6-7-24(18,2)26(17,30)21(32)12-25(16,3)27(14,23(34)37-13-28)36-22(33)20-5-4-8-35-20;1-14(2)21(3)16-9-10-17(21)12-18(11-16)24-20(23)19(13-22)15-7-5-4-6-8-15;/h4-8,10,14,16-17,19,21,32H,9,11-13H2,1-3H3;4-8,14,16-19,22H,9-13H2,1-3H3;1H/q;+1;/p-1/t14-,16+,17+,19+,21+,24+,25+,26+,27+;;/m1../s1. The molecule has 0 amide bonds. The number of fused-ring (bicyclic) bond motifs is 7. The van der Waals surface area contributed by atoms with Crippen molar-refractivity contribution in [2.45, 2.75) is 133 Å². The fourth-order valence-electron chi connectivity index (χ4n) is 12.8. The first-order valence-electron chi connectivity index (χ1n) is 21.5. The van der Waals surface area contributed by atoms with Gasteiger partial charge in [-0.1, -0.05) is 50.3 Å². The lowest BCUT2D eigenvalue weighted by atomic mass is 9.44. The first-order chi connectivity index (χ1) is 28.8. The molecule has 3 heterocycles. The third-order valence-corrected chi connectivity index (χ3v) is 16.8. The van der Waals surface area contributed by atoms with Gasteiger partial charge in [0.2, 0.25) is 10.9 Å². The predicted molar refractivity (Wildman–Crippen MR) is 222 cm³/mol. The molecule has 2 aliphatic heterocycles. The molecular weight excluding hydrogens is 891 g/mol. The number of furan rings is 1. The molecule has 3 saturated carbocycles. The normalized spacial score (nSPS) is 39.5. The number of halogens is 4. The first-order valence-corrected chi connectivity index (χ1v) is 22.5. The van der Waals surface area contributed by atoms with Gasteiger partial charge in [-0.05, 0) is 93.1 Å². The Hall–Kier alpha value is -3.24. The quantitative estimate of drug-likeness (QED) is 0.267. The van der Waals surface area contributed by atoms with Crippen LogP contribution in [0.1, 0.15) is 102 Å². The minimum atomic E-state index is -2.35. The van der Waals surface area contributed by atoms with Gasteiger partial charge >= 0.3 is 11.9 Å². The molecule has 2 N–H and O–H groups in total. The van der Waals surface area contributed by atoms with Crippen LogP contribution >= 0.6 is 11.8 Å². The van der Waals surface area contributed by atoms with Crippen molar-refractivity contribution in [3.63, 3.8) is 0 Å². The number of ketones is 1. The van der Waals surface area contributed by atoms with E-state index in [-0.39, 0.29) is 66.3 Å². The molecule has 12 atom stereocenters. The molecule has 5 fully saturated rings. The summed E-state index contributed by atoms with van der Waals surface area (Å²) in [4.78, 5) is 51.3. The SMILES string of the molecule is CC(C)[N+]1(C)C2CCC1CC(OC(=O)C(CO)c1ccccc1)C2.C[C@@H]1C[C@H]2[C@@H]3C[C@H](F)C4=CC(=O)C=C[C@]4(C)[C@@]3(F)[C@@H](O)C[C@]2(C)[C@@]1(OC(=O)c1ccco1)C(=O)SCF.[Br-]. The lowest BCUT2D eigenvalue weighted by Gasteiger charge is -2.63. The van der Waals surface area contributed by atoms with Crippen molar-refractivity contribution >= 4 is 34.6 Å². The fraction of sp³-hybridized carbons (Fsp3) is 0.617. The van der Waals surface area contributed by atoms with Crippen molar-refractivity contribution < 1.29 is 77.9 Å². The number of nitrogens with zero attached hydrogens (tertiary/aromatic N) is 1. The predicted octanol–water partition coefficient (Wildman–Crippen LogP) is 4.78. The average Bonchev–Trinajstić information content (AvgIpc) is 3.87. The number of alkyl halides is 3. The summed E-state index contributed by atoms with van der Waals surface area (Å²) in [6.07, 6.45) is 5.51. The molecule has 62 heavy (non-hydrogen) atoms. The Morgan fingerprint density at radius 1 is 1.02 bits per heavy atom. The van der Waals surface area contributed by atoms with E-state index in [1.165, 1.54) is 50.3 Å². The van der Waals surface area contributed by atoms with E-state index >= 15 is 8.78 Å². The van der Waals surface area contributed by atoms with Crippen molar-refractivity contribution in [2.75, 3.05) is 19.7 Å². The molecule has 0 spiro atoms. The third-order valence-electron chi connectivity index (χ3n) is 16.2. The van der Waals surface area contributed by atoms with E-state index < -0.39 is 80.9 Å². The summed E-state index contributed by atoms with van der Waals surface area (Å²) < 4.78 is 64.5. The Morgan fingerprint density at radius 3 is 2.26 bits per heavy atom. The van der Waals surface area contributed by atoms with E-state index in [2.05, 4.69) is 20.9 Å². The van der Waals surface area contributed by atoms with Gasteiger partial charge in [-0.25, -0.2) is 18.0 Å². The lowest BCUT2D eigenvalue weighted by Crippen LogP contribution is -3.00. The van der Waals surface area contributed by atoms with Crippen LogP contribution in [0.2, 0.25) is 0 Å². The van der Waals surface area contributed by atoms with Crippen molar-refractivity contribution in [1.29, 1.82) is 0 Å². The Balaban J connectivity index is 0.000000222. The maximum Gasteiger partial charge on any atom is 0.375 e. The zero-order valence-corrected chi connectivity index (χ0v) is 38.5. The smallest absolute Gasteiger partial charge is 0.375 e. The van der Waals surface area contributed by atoms with Gasteiger partial charge in [0.25, 0.3) is 0 Å². The number of carbonyl (C=O) groups excluding carboxylic acids is 4. The summed E-state index contributed by atoms with van der Waals surface area (Å²) in [6, 6.07) is 13.0. The molecule has 10 nitrogen and oxygen atoms in total. The summed E-state index contributed by atoms with van der Waals surface area (Å²) in [5, 5.41) is 20.4. The van der Waals surface area contributed by atoms with Crippen LogP contribution in [-0.4, -0.2) is 105 Å². The second kappa shape index (κ2) is 18.0. The molecule has 1 aromatic carbocycles. The molecule has 6 aliphatic rings. The lowest BCUT2D eigenvalue weighted by molar-refractivity contribution is -0.968. The van der Waals surface area contributed by atoms with E-state index in [0.717, 1.165) is 29.0 Å². The topological polar surface area (TPSA) is 140 Å². The van der Waals surface area contributed by atoms with Crippen molar-refractivity contribution in [2.24, 2.45) is 28.6 Å². The van der Waals surface area contributed by atoms with Crippen molar-refractivity contribution in [1.82, 2.24) is 0 Å². The summed E-state index contributed by atoms with van der Waals surface area (Å²) in [6.45, 7) is 9.19. The highest BCUT2D eigenvalue weighted by molar-refractivity contribution is 8.13. The fourth-order valence-corrected chi connectivity index (χ4v) is 13.6. The maximum absolute atomic E-state index is 17.4. The highest BCUT2D eigenvalue weighted by Crippen LogP contribution is 2.72. The summed E-state index contributed by atoms with van der Waals surface area (Å²) in [7, 11) is 2.37. The molecular formula is C47H59BrF3NO9S. The molecule has 3 unspecified atom stereocenters. The Labute approximate surface area is 376 Å². The number of hydrogen-bond donors (Lipinski definition) is 2. The van der Waals surface area contributed by atoms with Gasteiger partial charge in [-0.2, -0.15) is 0 Å². The number of esters is 2. The summed E-state index contributed by atoms with van der Waals surface area (Å²) in [5.74, 6) is -4.83. The number of ether oxygens (including phenoxy) is 2. The van der Waals surface area contributed by atoms with Crippen LogP contribution in [0.3, 0.4) is 0 Å². The molecule has 1 aromatic heterocycles. The Kier molecular flexibility index (Phi) is 14.0. The largest absolute Gasteiger partial charge is 1.00 e. The van der Waals surface area contributed by atoms with E-state index in [9.17, 15) is 33.8 Å². The Morgan fingerprint density at radius 2 is 1.68 bits per heavy atom. The average molecular weight is 951 g/mol. The van der Waals surface area contributed by atoms with Crippen LogP contribution < -0.4 is 17.0 Å². The monoisotopic (exact) mass is 949 g/mol. The number of benzene rings is 1. The number of carbonyl (C=O) groups is 4. The molecule has 2 bridgehead atoms. The zero-order valence-electron chi connectivity index (χ0n) is 36.1. The maximum atomic E-state index is 17.4. The minimum absolute atomic E-state index is 0. The van der Waals surface area contributed by atoms with Crippen LogP contribution in [0, 0.1) is 28.6 Å². The second-order valence-electron chi connectivity index (χ2n) is 19.0. The molecule has 15 heteroatoms. The second-order valence-corrected chi connectivity index (χ2v) is 19.9. The van der Waals surface area contributed by atoms with Crippen LogP contribution in [-0.2, 0) is 23.9 Å². The zero-order chi connectivity index (χ0) is 44.3. The van der Waals surface area contributed by atoms with E-state index in [4.69, 9.17) is 13.9 Å². The van der Waals surface area contributed by atoms with Crippen LogP contribution in [0.5, 0.6) is 0 Å². The molecule has 340 valence electrons. The van der Waals surface area contributed by atoms with Crippen molar-refractivity contribution in [3.05, 3.63) is 83.9 Å². The number of quaternary nitrogens is 1. The summed E-state index contributed by atoms with van der Waals surface area (Å²) in [5.41, 5.74) is -6.36. The number of aliphatic hydroxyl groups is 2. The summed E-state index contributed by atoms with van der Waals surface area (Å²) >= 11 is 0.352. The Bertz CT molecular complexity index is 2040. The molecule has 8 rings (SSSR count). The van der Waals surface area contributed by atoms with Gasteiger partial charge < -0.3 is 45.6 Å². The number of aliphatic hydroxyl groups excluding tert-OH is 2. The molecule has 0 radical (unpaired) electrons. The number of allylic oxidation sites excluding steroid dienone is 4. The third kappa shape index (κ3) is 7.46. The first kappa shape index (κ1) is 48.2. The van der Waals surface area contributed by atoms with Crippen molar-refractivity contribution in [3.8, 4) is 0 Å². The number of thioether (sulfide) groups is 1. The highest BCUT2D eigenvalue weighted by atomic mass is 79.9. The van der Waals surface area contributed by atoms with Gasteiger partial charge in [0.15, 0.2) is 17.1 Å². The van der Waals surface area contributed by atoms with Crippen LogP contribution in [0.4, 0.5) is 13.2 Å². The van der Waals surface area contributed by atoms with Gasteiger partial charge in [0.05, 0.1) is 44.1 Å².